The fourth-order valence-corrected chi connectivity index (χ4v) is 2.77. The van der Waals surface area contributed by atoms with Crippen molar-refractivity contribution >= 4 is 21.8 Å². The van der Waals surface area contributed by atoms with Crippen molar-refractivity contribution < 1.29 is 14.6 Å². The normalized spacial score (nSPS) is 22.3. The molecule has 1 aromatic rings. The summed E-state index contributed by atoms with van der Waals surface area (Å²) in [7, 11) is 1.54. The van der Waals surface area contributed by atoms with Crippen molar-refractivity contribution in [3.63, 3.8) is 0 Å². The first-order valence-electron chi connectivity index (χ1n) is 6.41. The first kappa shape index (κ1) is 14.3. The quantitative estimate of drug-likeness (QED) is 0.892. The third-order valence-corrected chi connectivity index (χ3v) is 4.05. The zero-order chi connectivity index (χ0) is 13.8. The summed E-state index contributed by atoms with van der Waals surface area (Å²) in [5.74, 6) is 0.549. The summed E-state index contributed by atoms with van der Waals surface area (Å²) in [6.45, 7) is 0.513. The molecule has 1 saturated carbocycles. The molecule has 0 bridgehead atoms. The number of halogens is 1. The number of ether oxygens (including phenoxy) is 1. The van der Waals surface area contributed by atoms with Crippen LogP contribution < -0.4 is 10.1 Å². The summed E-state index contributed by atoms with van der Waals surface area (Å²) in [5, 5.41) is 12.6. The number of benzene rings is 1. The third-order valence-electron chi connectivity index (χ3n) is 3.55. The minimum absolute atomic E-state index is 0.163. The SMILES string of the molecule is COc1cc(Br)ccc1C(=O)NCC1CCCC1O. The molecule has 2 N–H and O–H groups in total. The number of carbonyl (C=O) groups excluding carboxylic acids is 1. The van der Waals surface area contributed by atoms with Gasteiger partial charge in [0, 0.05) is 16.9 Å². The maximum absolute atomic E-state index is 12.1. The molecule has 0 heterocycles. The molecular weight excluding hydrogens is 310 g/mol. The van der Waals surface area contributed by atoms with E-state index in [4.69, 9.17) is 4.74 Å². The Hall–Kier alpha value is -1.07. The van der Waals surface area contributed by atoms with E-state index in [9.17, 15) is 9.90 Å². The molecule has 1 fully saturated rings. The lowest BCUT2D eigenvalue weighted by molar-refractivity contribution is 0.0914. The molecule has 19 heavy (non-hydrogen) atoms. The van der Waals surface area contributed by atoms with Crippen LogP contribution >= 0.6 is 15.9 Å². The van der Waals surface area contributed by atoms with Crippen LogP contribution in [0.5, 0.6) is 5.75 Å². The van der Waals surface area contributed by atoms with Gasteiger partial charge in [0.1, 0.15) is 5.75 Å². The van der Waals surface area contributed by atoms with Gasteiger partial charge in [0.05, 0.1) is 18.8 Å². The van der Waals surface area contributed by atoms with Crippen LogP contribution in [-0.2, 0) is 0 Å². The van der Waals surface area contributed by atoms with Crippen molar-refractivity contribution in [1.82, 2.24) is 5.32 Å². The summed E-state index contributed by atoms with van der Waals surface area (Å²) in [5.41, 5.74) is 0.512. The van der Waals surface area contributed by atoms with E-state index in [1.807, 2.05) is 6.07 Å². The largest absolute Gasteiger partial charge is 0.496 e. The summed E-state index contributed by atoms with van der Waals surface area (Å²) in [6, 6.07) is 5.30. The van der Waals surface area contributed by atoms with E-state index in [1.54, 1.807) is 19.2 Å². The lowest BCUT2D eigenvalue weighted by Gasteiger charge is -2.16. The Kier molecular flexibility index (Phi) is 4.82. The summed E-state index contributed by atoms with van der Waals surface area (Å²) in [6.07, 6.45) is 2.55. The number of amides is 1. The molecular formula is C14H18BrNO3. The van der Waals surface area contributed by atoms with E-state index in [1.165, 1.54) is 0 Å². The van der Waals surface area contributed by atoms with Crippen molar-refractivity contribution in [2.45, 2.75) is 25.4 Å². The molecule has 0 aliphatic heterocycles. The lowest BCUT2D eigenvalue weighted by atomic mass is 10.1. The molecule has 4 nitrogen and oxygen atoms in total. The number of nitrogens with one attached hydrogen (secondary N) is 1. The number of aliphatic hydroxyl groups is 1. The van der Waals surface area contributed by atoms with Crippen molar-refractivity contribution in [1.29, 1.82) is 0 Å². The molecule has 2 unspecified atom stereocenters. The molecule has 0 radical (unpaired) electrons. The zero-order valence-electron chi connectivity index (χ0n) is 10.9. The monoisotopic (exact) mass is 327 g/mol. The van der Waals surface area contributed by atoms with Crippen molar-refractivity contribution in [2.75, 3.05) is 13.7 Å². The van der Waals surface area contributed by atoms with Gasteiger partial charge in [-0.15, -0.1) is 0 Å². The van der Waals surface area contributed by atoms with Crippen LogP contribution in [0.15, 0.2) is 22.7 Å². The lowest BCUT2D eigenvalue weighted by Crippen LogP contribution is -2.32. The van der Waals surface area contributed by atoms with Crippen LogP contribution in [0.4, 0.5) is 0 Å². The van der Waals surface area contributed by atoms with Crippen LogP contribution in [0.25, 0.3) is 0 Å². The molecule has 1 aliphatic carbocycles. The van der Waals surface area contributed by atoms with E-state index in [0.29, 0.717) is 17.9 Å². The number of methoxy groups -OCH3 is 1. The average molecular weight is 328 g/mol. The number of aliphatic hydroxyl groups excluding tert-OH is 1. The van der Waals surface area contributed by atoms with Crippen LogP contribution in [0.1, 0.15) is 29.6 Å². The van der Waals surface area contributed by atoms with Crippen molar-refractivity contribution in [3.8, 4) is 5.75 Å². The van der Waals surface area contributed by atoms with Gasteiger partial charge in [-0.05, 0) is 31.0 Å². The molecule has 1 aromatic carbocycles. The van der Waals surface area contributed by atoms with Gasteiger partial charge < -0.3 is 15.2 Å². The van der Waals surface area contributed by atoms with Crippen LogP contribution in [0.3, 0.4) is 0 Å². The van der Waals surface area contributed by atoms with Gasteiger partial charge >= 0.3 is 0 Å². The van der Waals surface area contributed by atoms with Gasteiger partial charge in [-0.1, -0.05) is 22.4 Å². The summed E-state index contributed by atoms with van der Waals surface area (Å²) >= 11 is 3.34. The maximum Gasteiger partial charge on any atom is 0.255 e. The van der Waals surface area contributed by atoms with Gasteiger partial charge in [0.15, 0.2) is 0 Å². The molecule has 0 saturated heterocycles. The molecule has 5 heteroatoms. The van der Waals surface area contributed by atoms with Crippen molar-refractivity contribution in [2.24, 2.45) is 5.92 Å². The maximum atomic E-state index is 12.1. The van der Waals surface area contributed by atoms with Gasteiger partial charge in [0.25, 0.3) is 5.91 Å². The minimum atomic E-state index is -0.285. The predicted octanol–water partition coefficient (Wildman–Crippen LogP) is 2.35. The number of hydrogen-bond acceptors (Lipinski definition) is 3. The Morgan fingerprint density at radius 1 is 1.53 bits per heavy atom. The zero-order valence-corrected chi connectivity index (χ0v) is 12.4. The van der Waals surface area contributed by atoms with Gasteiger partial charge in [-0.2, -0.15) is 0 Å². The summed E-state index contributed by atoms with van der Waals surface area (Å²) < 4.78 is 6.07. The second-order valence-corrected chi connectivity index (χ2v) is 5.73. The number of rotatable bonds is 4. The second-order valence-electron chi connectivity index (χ2n) is 4.81. The highest BCUT2D eigenvalue weighted by Gasteiger charge is 2.25. The van der Waals surface area contributed by atoms with Crippen LogP contribution in [0, 0.1) is 5.92 Å². The minimum Gasteiger partial charge on any atom is -0.496 e. The Balaban J connectivity index is 1.99. The Bertz CT molecular complexity index is 464. The standard InChI is InChI=1S/C14H18BrNO3/c1-19-13-7-10(15)5-6-11(13)14(18)16-8-9-3-2-4-12(9)17/h5-7,9,12,17H,2-4,8H2,1H3,(H,16,18). The molecule has 2 rings (SSSR count). The molecule has 1 aliphatic rings. The number of hydrogen-bond donors (Lipinski definition) is 2. The highest BCUT2D eigenvalue weighted by atomic mass is 79.9. The van der Waals surface area contributed by atoms with E-state index in [0.717, 1.165) is 23.7 Å². The van der Waals surface area contributed by atoms with Gasteiger partial charge in [-0.3, -0.25) is 4.79 Å². The Morgan fingerprint density at radius 2 is 2.32 bits per heavy atom. The average Bonchev–Trinajstić information content (AvgIpc) is 2.81. The van der Waals surface area contributed by atoms with Gasteiger partial charge in [0.2, 0.25) is 0 Å². The highest BCUT2D eigenvalue weighted by molar-refractivity contribution is 9.10. The second kappa shape index (κ2) is 6.39. The molecule has 104 valence electrons. The highest BCUT2D eigenvalue weighted by Crippen LogP contribution is 2.26. The molecule has 2 atom stereocenters. The fourth-order valence-electron chi connectivity index (χ4n) is 2.43. The Labute approximate surface area is 121 Å². The van der Waals surface area contributed by atoms with Gasteiger partial charge in [-0.25, -0.2) is 0 Å². The third kappa shape index (κ3) is 3.48. The summed E-state index contributed by atoms with van der Waals surface area (Å²) in [4.78, 5) is 12.1. The smallest absolute Gasteiger partial charge is 0.255 e. The topological polar surface area (TPSA) is 58.6 Å². The van der Waals surface area contributed by atoms with Crippen molar-refractivity contribution in [3.05, 3.63) is 28.2 Å². The Morgan fingerprint density at radius 3 is 2.95 bits per heavy atom. The van der Waals surface area contributed by atoms with E-state index >= 15 is 0 Å². The first-order valence-corrected chi connectivity index (χ1v) is 7.21. The first-order chi connectivity index (χ1) is 9.11. The van der Waals surface area contributed by atoms with E-state index in [-0.39, 0.29) is 17.9 Å². The molecule has 0 aromatic heterocycles. The van der Waals surface area contributed by atoms with E-state index < -0.39 is 0 Å². The number of carbonyl (C=O) groups is 1. The fraction of sp³-hybridized carbons (Fsp3) is 0.500. The molecule has 1 amide bonds. The predicted molar refractivity (Wildman–Crippen MR) is 76.4 cm³/mol. The van der Waals surface area contributed by atoms with Crippen LogP contribution in [-0.4, -0.2) is 30.8 Å². The van der Waals surface area contributed by atoms with E-state index in [2.05, 4.69) is 21.2 Å². The molecule has 0 spiro atoms. The van der Waals surface area contributed by atoms with Crippen LogP contribution in [0.2, 0.25) is 0 Å².